The second kappa shape index (κ2) is 35.5. The molecule has 0 spiro atoms. The largest absolute Gasteiger partial charge is 0.508 e. The summed E-state index contributed by atoms with van der Waals surface area (Å²) in [6.07, 6.45) is -5.63. The van der Waals surface area contributed by atoms with Crippen molar-refractivity contribution in [3.05, 3.63) is 124 Å². The molecular formula is C68H84N6O19S. The fourth-order valence-electron chi connectivity index (χ4n) is 11.0. The lowest BCUT2D eigenvalue weighted by Gasteiger charge is -2.44. The van der Waals surface area contributed by atoms with Gasteiger partial charge in [-0.25, -0.2) is 4.79 Å². The fraction of sp³-hybridized carbons (Fsp3) is 0.471. The number of azo groups is 1. The summed E-state index contributed by atoms with van der Waals surface area (Å²) in [5.41, 5.74) is 4.80. The molecule has 4 aromatic rings. The molecule has 0 radical (unpaired) electrons. The number of phenols is 1. The standard InChI is InChI=1S/C68H84N6O19S/c1-74(2)44-26-23-42(24-27-44)73-72-41-21-19-40(20-22-41)64(85)69-33-15-11-7-3-5-9-13-17-55(77)88-38-53-58(79)60(81)62(83)66(91-53)93-67-63(84)61(82)59(80)54(92-67)39-89-56(78)18-14-10-6-4-8-12-16-34-70-68(94)71-43-25-30-47(50(35-43)65(86)87)57-48-31-28-45(75)36-51(48)90-52-37-46(76)29-32-49(52)57/h19-32,35-37,53-54,58-63,66-67,75,79-84H,3-18,33-34,38-39H2,1-2H3,(H,69,85)(H,86,87)(H2,70,71,94). The number of carbonyl (C=O) groups excluding carboxylic acids is 3. The molecule has 94 heavy (non-hydrogen) atoms. The number of hydrogen-bond acceptors (Lipinski definition) is 22. The normalized spacial score (nSPS) is 21.2. The van der Waals surface area contributed by atoms with Crippen molar-refractivity contribution >= 4 is 74.9 Å². The zero-order valence-corrected chi connectivity index (χ0v) is 53.4. The average molecular weight is 1320 g/mol. The van der Waals surface area contributed by atoms with Gasteiger partial charge in [-0.15, -0.1) is 0 Å². The molecule has 1 amide bonds. The number of benzene rings is 5. The number of hydrogen-bond donors (Lipinski definition) is 11. The lowest BCUT2D eigenvalue weighted by molar-refractivity contribution is -0.376. The Kier molecular flexibility index (Phi) is 27.1. The van der Waals surface area contributed by atoms with Crippen LogP contribution in [0, 0.1) is 0 Å². The lowest BCUT2D eigenvalue weighted by Crippen LogP contribution is -2.64. The highest BCUT2D eigenvalue weighted by atomic mass is 32.1. The Morgan fingerprint density at radius 1 is 0.574 bits per heavy atom. The molecule has 0 saturated carbocycles. The molecule has 0 bridgehead atoms. The zero-order valence-electron chi connectivity index (χ0n) is 52.5. The molecule has 3 aliphatic heterocycles. The van der Waals surface area contributed by atoms with Crippen LogP contribution in [0.2, 0.25) is 0 Å². The van der Waals surface area contributed by atoms with E-state index in [1.165, 1.54) is 30.3 Å². The van der Waals surface area contributed by atoms with Crippen LogP contribution in [0.4, 0.5) is 22.7 Å². The van der Waals surface area contributed by atoms with E-state index in [-0.39, 0.29) is 46.8 Å². The van der Waals surface area contributed by atoms with Crippen molar-refractivity contribution in [1.29, 1.82) is 0 Å². The second-order valence-corrected chi connectivity index (χ2v) is 24.1. The molecular weight excluding hydrogens is 1240 g/mol. The van der Waals surface area contributed by atoms with Crippen LogP contribution in [0.25, 0.3) is 33.4 Å². The quantitative estimate of drug-likeness (QED) is 0.00609. The highest BCUT2D eigenvalue weighted by Gasteiger charge is 2.50. The monoisotopic (exact) mass is 1320 g/mol. The van der Waals surface area contributed by atoms with Crippen molar-refractivity contribution in [2.45, 2.75) is 164 Å². The van der Waals surface area contributed by atoms with Gasteiger partial charge in [0, 0.05) is 85.6 Å². The smallest absolute Gasteiger partial charge is 0.336 e. The summed E-state index contributed by atoms with van der Waals surface area (Å²) >= 11 is 5.50. The molecule has 4 aromatic carbocycles. The Balaban J connectivity index is 0.648. The number of aliphatic hydroxyl groups excluding tert-OH is 6. The maximum Gasteiger partial charge on any atom is 0.336 e. The predicted molar refractivity (Wildman–Crippen MR) is 351 cm³/mol. The molecule has 8 rings (SSSR count). The highest BCUT2D eigenvalue weighted by molar-refractivity contribution is 7.80. The van der Waals surface area contributed by atoms with E-state index in [9.17, 15) is 64.8 Å². The van der Waals surface area contributed by atoms with Crippen LogP contribution in [0.3, 0.4) is 0 Å². The summed E-state index contributed by atoms with van der Waals surface area (Å²) in [6, 6.07) is 28.2. The lowest BCUT2D eigenvalue weighted by atomic mass is 9.90. The number of anilines is 2. The summed E-state index contributed by atoms with van der Waals surface area (Å²) < 4.78 is 33.6. The minimum atomic E-state index is -1.89. The van der Waals surface area contributed by atoms with E-state index in [1.54, 1.807) is 48.5 Å². The third-order valence-electron chi connectivity index (χ3n) is 16.3. The Labute approximate surface area is 549 Å². The number of thiocarbonyl (C=S) groups is 1. The first-order valence-electron chi connectivity index (χ1n) is 31.8. The number of unbranched alkanes of at least 4 members (excludes halogenated alkanes) is 12. The Hall–Kier alpha value is -8.02. The molecule has 4 aliphatic rings. The number of carbonyl (C=O) groups is 4. The topological polar surface area (TPSA) is 371 Å². The number of carboxylic acid groups (broad SMARTS) is 1. The van der Waals surface area contributed by atoms with Crippen molar-refractivity contribution in [3.63, 3.8) is 0 Å². The maximum atomic E-state index is 12.7. The van der Waals surface area contributed by atoms with Crippen molar-refractivity contribution in [2.75, 3.05) is 50.6 Å². The summed E-state index contributed by atoms with van der Waals surface area (Å²) in [7, 11) is 3.93. The average Bonchev–Trinajstić information content (AvgIpc) is 0.773. The first-order valence-corrected chi connectivity index (χ1v) is 32.2. The first kappa shape index (κ1) is 71.8. The van der Waals surface area contributed by atoms with Gasteiger partial charge < -0.3 is 89.8 Å². The Bertz CT molecular complexity index is 3540. The molecule has 10 atom stereocenters. The maximum absolute atomic E-state index is 12.7. The van der Waals surface area contributed by atoms with Crippen molar-refractivity contribution < 1.29 is 88.1 Å². The van der Waals surface area contributed by atoms with Crippen molar-refractivity contribution in [3.8, 4) is 28.2 Å². The van der Waals surface area contributed by atoms with Gasteiger partial charge in [-0.2, -0.15) is 10.2 Å². The Morgan fingerprint density at radius 3 is 1.63 bits per heavy atom. The molecule has 10 unspecified atom stereocenters. The molecule has 1 aliphatic carbocycles. The predicted octanol–water partition coefficient (Wildman–Crippen LogP) is 8.13. The minimum absolute atomic E-state index is 0.0198. The molecule has 11 N–H and O–H groups in total. The number of nitrogens with zero attached hydrogens (tertiary/aromatic N) is 3. The number of aliphatic hydroxyl groups is 6. The molecule has 2 fully saturated rings. The number of nitrogens with one attached hydrogen (secondary N) is 3. The summed E-state index contributed by atoms with van der Waals surface area (Å²) in [5.74, 6) is -2.33. The van der Waals surface area contributed by atoms with E-state index in [1.807, 2.05) is 43.3 Å². The summed E-state index contributed by atoms with van der Waals surface area (Å²) in [6.45, 7) is 0.0599. The van der Waals surface area contributed by atoms with Crippen LogP contribution in [-0.4, -0.2) is 172 Å². The van der Waals surface area contributed by atoms with Crippen LogP contribution in [-0.2, 0) is 33.3 Å². The van der Waals surface area contributed by atoms with E-state index in [0.29, 0.717) is 70.1 Å². The molecule has 3 heterocycles. The van der Waals surface area contributed by atoms with E-state index in [0.717, 1.165) is 88.4 Å². The van der Waals surface area contributed by atoms with E-state index in [2.05, 4.69) is 26.2 Å². The van der Waals surface area contributed by atoms with Gasteiger partial charge in [-0.3, -0.25) is 19.2 Å². The van der Waals surface area contributed by atoms with Crippen molar-refractivity contribution in [1.82, 2.24) is 10.6 Å². The highest BCUT2D eigenvalue weighted by Crippen LogP contribution is 2.43. The molecule has 506 valence electrons. The van der Waals surface area contributed by atoms with Gasteiger partial charge in [0.2, 0.25) is 0 Å². The number of aromatic carboxylic acids is 1. The van der Waals surface area contributed by atoms with Gasteiger partial charge in [0.15, 0.2) is 23.1 Å². The number of amides is 1. The second-order valence-electron chi connectivity index (χ2n) is 23.7. The van der Waals surface area contributed by atoms with E-state index in [4.69, 9.17) is 40.3 Å². The summed E-state index contributed by atoms with van der Waals surface area (Å²) in [4.78, 5) is 64.8. The van der Waals surface area contributed by atoms with Crippen LogP contribution in [0.15, 0.2) is 123 Å². The Morgan fingerprint density at radius 2 is 1.09 bits per heavy atom. The number of aromatic hydroxyl groups is 1. The fourth-order valence-corrected chi connectivity index (χ4v) is 11.2. The number of ether oxygens (including phenoxy) is 5. The van der Waals surface area contributed by atoms with E-state index < -0.39 is 92.5 Å². The summed E-state index contributed by atoms with van der Waals surface area (Å²) in [5, 5.41) is 103. The number of fused-ring (bicyclic) bond motifs is 2. The molecule has 2 saturated heterocycles. The van der Waals surface area contributed by atoms with Gasteiger partial charge in [-0.05, 0) is 128 Å². The zero-order chi connectivity index (χ0) is 67.3. The van der Waals surface area contributed by atoms with Gasteiger partial charge in [0.25, 0.3) is 5.91 Å². The third kappa shape index (κ3) is 20.5. The van der Waals surface area contributed by atoms with Crippen LogP contribution in [0.1, 0.15) is 123 Å². The van der Waals surface area contributed by atoms with Gasteiger partial charge >= 0.3 is 17.9 Å². The van der Waals surface area contributed by atoms with Crippen LogP contribution >= 0.6 is 12.2 Å². The molecule has 26 heteroatoms. The molecule has 25 nitrogen and oxygen atoms in total. The van der Waals surface area contributed by atoms with Crippen molar-refractivity contribution in [2.24, 2.45) is 10.2 Å². The van der Waals surface area contributed by atoms with E-state index >= 15 is 0 Å². The van der Waals surface area contributed by atoms with Gasteiger partial charge in [0.05, 0.1) is 16.9 Å². The number of rotatable bonds is 33. The minimum Gasteiger partial charge on any atom is -0.508 e. The SMILES string of the molecule is CN(C)c1ccc(N=Nc2ccc(C(=O)NCCCCCCCCCC(=O)OCC3OC(OC4OC(COC(=O)CCCCCCCCCNC(=S)Nc5ccc(-c6c7ccc(=O)cc-7oc7cc(O)ccc67)c(C(=O)O)c5)C(O)C(O)C4O)C(O)C(O)C3O)cc2)cc1. The molecule has 0 aromatic heterocycles. The van der Waals surface area contributed by atoms with Crippen LogP contribution < -0.4 is 26.3 Å². The third-order valence-corrected chi connectivity index (χ3v) is 16.6. The van der Waals surface area contributed by atoms with Gasteiger partial charge in [-0.1, -0.05) is 70.3 Å². The number of esters is 2. The van der Waals surface area contributed by atoms with Crippen LogP contribution in [0.5, 0.6) is 5.75 Å². The van der Waals surface area contributed by atoms with Gasteiger partial charge in [0.1, 0.15) is 79.1 Å². The number of carboxylic acids is 1. The number of phenolic OH excluding ortho intramolecular Hbond substituents is 1. The first-order chi connectivity index (χ1) is 45.2.